The summed E-state index contributed by atoms with van der Waals surface area (Å²) in [6.45, 7) is 2.19. The zero-order chi connectivity index (χ0) is 23.3. The Kier molecular flexibility index (Phi) is 10.1. The van der Waals surface area contributed by atoms with Crippen molar-refractivity contribution in [2.45, 2.75) is 32.4 Å². The second kappa shape index (κ2) is 13.6. The van der Waals surface area contributed by atoms with Crippen LogP contribution < -0.4 is 0 Å². The molecule has 33 heavy (non-hydrogen) atoms. The van der Waals surface area contributed by atoms with E-state index in [-0.39, 0.29) is 18.4 Å². The summed E-state index contributed by atoms with van der Waals surface area (Å²) in [5.41, 5.74) is 2.20. The molecule has 174 valence electrons. The predicted octanol–water partition coefficient (Wildman–Crippen LogP) is 4.77. The molecule has 0 aliphatic rings. The highest BCUT2D eigenvalue weighted by Crippen LogP contribution is 2.16. The van der Waals surface area contributed by atoms with Gasteiger partial charge in [-0.3, -0.25) is 9.59 Å². The van der Waals surface area contributed by atoms with Gasteiger partial charge >= 0.3 is 0 Å². The average molecular weight is 465 g/mol. The first-order valence-corrected chi connectivity index (χ1v) is 12.2. The summed E-state index contributed by atoms with van der Waals surface area (Å²) >= 11 is 1.64. The van der Waals surface area contributed by atoms with E-state index < -0.39 is 0 Å². The molecule has 3 rings (SSSR count). The Morgan fingerprint density at radius 3 is 2.15 bits per heavy atom. The highest BCUT2D eigenvalue weighted by Gasteiger charge is 2.22. The Morgan fingerprint density at radius 1 is 0.818 bits per heavy atom. The van der Waals surface area contributed by atoms with Crippen LogP contribution in [0.15, 0.2) is 78.2 Å². The molecule has 0 atom stereocenters. The van der Waals surface area contributed by atoms with Gasteiger partial charge in [-0.15, -0.1) is 11.3 Å². The standard InChI is InChI=1S/C27H32N2O3S/c1-32-18-9-17-28(26(30)16-15-23-10-4-2-5-11-23)22-27(31)29(21-25-14-8-19-33-25)20-24-12-6-3-7-13-24/h2-8,10-14,19H,9,15-18,20-22H2,1H3. The molecule has 0 aliphatic carbocycles. The third-order valence-corrected chi connectivity index (χ3v) is 6.28. The molecule has 1 aromatic heterocycles. The number of hydrogen-bond acceptors (Lipinski definition) is 4. The minimum Gasteiger partial charge on any atom is -0.385 e. The van der Waals surface area contributed by atoms with E-state index in [2.05, 4.69) is 0 Å². The van der Waals surface area contributed by atoms with E-state index in [9.17, 15) is 9.59 Å². The molecule has 5 nitrogen and oxygen atoms in total. The maximum Gasteiger partial charge on any atom is 0.242 e. The minimum absolute atomic E-state index is 0.000842. The van der Waals surface area contributed by atoms with E-state index in [4.69, 9.17) is 4.74 Å². The van der Waals surface area contributed by atoms with E-state index in [1.807, 2.05) is 83.1 Å². The summed E-state index contributed by atoms with van der Waals surface area (Å²) in [6.07, 6.45) is 1.75. The van der Waals surface area contributed by atoms with Crippen molar-refractivity contribution < 1.29 is 14.3 Å². The molecule has 0 saturated heterocycles. The van der Waals surface area contributed by atoms with E-state index in [0.717, 1.165) is 16.0 Å². The number of benzene rings is 2. The van der Waals surface area contributed by atoms with Crippen LogP contribution in [0.5, 0.6) is 0 Å². The van der Waals surface area contributed by atoms with Crippen molar-refractivity contribution in [2.24, 2.45) is 0 Å². The SMILES string of the molecule is COCCCN(CC(=O)N(Cc1ccccc1)Cc1cccs1)C(=O)CCc1ccccc1. The molecule has 0 saturated carbocycles. The maximum absolute atomic E-state index is 13.4. The van der Waals surface area contributed by atoms with Crippen molar-refractivity contribution >= 4 is 23.2 Å². The van der Waals surface area contributed by atoms with Crippen LogP contribution in [0.25, 0.3) is 0 Å². The van der Waals surface area contributed by atoms with Crippen LogP contribution >= 0.6 is 11.3 Å². The lowest BCUT2D eigenvalue weighted by Crippen LogP contribution is -2.43. The number of amides is 2. The van der Waals surface area contributed by atoms with Gasteiger partial charge in [-0.25, -0.2) is 0 Å². The quantitative estimate of drug-likeness (QED) is 0.342. The fourth-order valence-electron chi connectivity index (χ4n) is 3.64. The van der Waals surface area contributed by atoms with Crippen molar-refractivity contribution in [2.75, 3.05) is 26.8 Å². The molecule has 0 fully saturated rings. The predicted molar refractivity (Wildman–Crippen MR) is 133 cm³/mol. The summed E-state index contributed by atoms with van der Waals surface area (Å²) in [7, 11) is 1.65. The first-order valence-electron chi connectivity index (χ1n) is 11.3. The van der Waals surface area contributed by atoms with Gasteiger partial charge in [0.1, 0.15) is 0 Å². The van der Waals surface area contributed by atoms with Gasteiger partial charge < -0.3 is 14.5 Å². The first kappa shape index (κ1) is 24.7. The van der Waals surface area contributed by atoms with Gasteiger partial charge in [-0.1, -0.05) is 66.7 Å². The fourth-order valence-corrected chi connectivity index (χ4v) is 4.36. The maximum atomic E-state index is 13.4. The van der Waals surface area contributed by atoms with Gasteiger partial charge in [0.2, 0.25) is 11.8 Å². The minimum atomic E-state index is -0.0438. The second-order valence-electron chi connectivity index (χ2n) is 7.96. The molecular weight excluding hydrogens is 432 g/mol. The van der Waals surface area contributed by atoms with Crippen LogP contribution in [0.1, 0.15) is 28.8 Å². The summed E-state index contributed by atoms with van der Waals surface area (Å²) < 4.78 is 5.17. The molecule has 0 spiro atoms. The highest BCUT2D eigenvalue weighted by molar-refractivity contribution is 7.09. The van der Waals surface area contributed by atoms with Crippen molar-refractivity contribution in [1.29, 1.82) is 0 Å². The number of nitrogens with zero attached hydrogens (tertiary/aromatic N) is 2. The Morgan fingerprint density at radius 2 is 1.52 bits per heavy atom. The molecule has 0 aliphatic heterocycles. The van der Waals surface area contributed by atoms with Gasteiger partial charge in [0.15, 0.2) is 0 Å². The zero-order valence-electron chi connectivity index (χ0n) is 19.2. The van der Waals surface area contributed by atoms with E-state index in [1.165, 1.54) is 0 Å². The van der Waals surface area contributed by atoms with Crippen LogP contribution in [0.2, 0.25) is 0 Å². The van der Waals surface area contributed by atoms with Crippen LogP contribution in [-0.4, -0.2) is 48.4 Å². The van der Waals surface area contributed by atoms with Crippen molar-refractivity contribution in [3.05, 3.63) is 94.2 Å². The van der Waals surface area contributed by atoms with Gasteiger partial charge in [0, 0.05) is 38.1 Å². The van der Waals surface area contributed by atoms with Gasteiger partial charge in [-0.05, 0) is 35.4 Å². The monoisotopic (exact) mass is 464 g/mol. The van der Waals surface area contributed by atoms with E-state index in [0.29, 0.717) is 45.5 Å². The number of methoxy groups -OCH3 is 1. The molecule has 6 heteroatoms. The lowest BCUT2D eigenvalue weighted by Gasteiger charge is -2.28. The molecule has 0 unspecified atom stereocenters. The number of carbonyl (C=O) groups excluding carboxylic acids is 2. The molecular formula is C27H32N2O3S. The van der Waals surface area contributed by atoms with Gasteiger partial charge in [0.05, 0.1) is 13.1 Å². The second-order valence-corrected chi connectivity index (χ2v) is 8.99. The van der Waals surface area contributed by atoms with Crippen molar-refractivity contribution in [3.8, 4) is 0 Å². The molecule has 0 bridgehead atoms. The highest BCUT2D eigenvalue weighted by atomic mass is 32.1. The normalized spacial score (nSPS) is 10.7. The van der Waals surface area contributed by atoms with Crippen LogP contribution in [0.4, 0.5) is 0 Å². The lowest BCUT2D eigenvalue weighted by atomic mass is 10.1. The first-order chi connectivity index (χ1) is 16.2. The van der Waals surface area contributed by atoms with Crippen molar-refractivity contribution in [3.63, 3.8) is 0 Å². The third-order valence-electron chi connectivity index (χ3n) is 5.42. The van der Waals surface area contributed by atoms with Crippen LogP contribution in [0.3, 0.4) is 0 Å². The zero-order valence-corrected chi connectivity index (χ0v) is 20.0. The number of carbonyl (C=O) groups is 2. The number of rotatable bonds is 13. The molecule has 3 aromatic rings. The molecule has 2 aromatic carbocycles. The number of thiophene rings is 1. The Hall–Kier alpha value is -2.96. The summed E-state index contributed by atoms with van der Waals surface area (Å²) in [6, 6.07) is 24.0. The number of hydrogen-bond donors (Lipinski definition) is 0. The number of ether oxygens (including phenoxy) is 1. The fraction of sp³-hybridized carbons (Fsp3) is 0.333. The average Bonchev–Trinajstić information content (AvgIpc) is 3.36. The summed E-state index contributed by atoms with van der Waals surface area (Å²) in [5.74, 6) is -0.0446. The molecule has 1 heterocycles. The van der Waals surface area contributed by atoms with Crippen LogP contribution in [-0.2, 0) is 33.8 Å². The van der Waals surface area contributed by atoms with Crippen LogP contribution in [0, 0.1) is 0 Å². The molecule has 0 radical (unpaired) electrons. The summed E-state index contributed by atoms with van der Waals surface area (Å²) in [4.78, 5) is 31.1. The largest absolute Gasteiger partial charge is 0.385 e. The van der Waals surface area contributed by atoms with Gasteiger partial charge in [0.25, 0.3) is 0 Å². The smallest absolute Gasteiger partial charge is 0.242 e. The van der Waals surface area contributed by atoms with E-state index >= 15 is 0 Å². The Labute approximate surface area is 200 Å². The third kappa shape index (κ3) is 8.48. The van der Waals surface area contributed by atoms with Crippen molar-refractivity contribution in [1.82, 2.24) is 9.80 Å². The Bertz CT molecular complexity index is 962. The summed E-state index contributed by atoms with van der Waals surface area (Å²) in [5, 5.41) is 2.02. The van der Waals surface area contributed by atoms with E-state index in [1.54, 1.807) is 23.3 Å². The number of aryl methyl sites for hydroxylation is 1. The molecule has 0 N–H and O–H groups in total. The molecule has 2 amide bonds. The van der Waals surface area contributed by atoms with Gasteiger partial charge in [-0.2, -0.15) is 0 Å². The lowest BCUT2D eigenvalue weighted by molar-refractivity contribution is -0.141. The Balaban J connectivity index is 1.68. The topological polar surface area (TPSA) is 49.9 Å².